The van der Waals surface area contributed by atoms with Gasteiger partial charge in [-0.1, -0.05) is 33.6 Å². The number of phenolic OH excluding ortho intramolecular Hbond substituents is 1. The standard InChI is InChI=1S/C25H41ClN2O5Si/c1-7-31-34(6,32-8-2)14-13-23(29)33-19-15-18(24(30)20(16-19)25(3,4)5)17-27-21-11-9-10-12-22(21)28-26/h15-17,21-22,28,30H,7-14H2,1-6H3/b27-17+/t21-,22-/m1/s1. The number of hydrogen-bond acceptors (Lipinski definition) is 7. The summed E-state index contributed by atoms with van der Waals surface area (Å²) in [4.78, 5) is 20.2. The summed E-state index contributed by atoms with van der Waals surface area (Å²) in [7, 11) is -2.41. The van der Waals surface area contributed by atoms with Crippen molar-refractivity contribution in [1.29, 1.82) is 0 Å². The predicted molar refractivity (Wildman–Crippen MR) is 139 cm³/mol. The fraction of sp³-hybridized carbons (Fsp3) is 0.680. The van der Waals surface area contributed by atoms with Crippen LogP contribution in [0.5, 0.6) is 11.5 Å². The second-order valence-corrected chi connectivity index (χ2v) is 13.5. The van der Waals surface area contributed by atoms with Crippen molar-refractivity contribution < 1.29 is 23.5 Å². The van der Waals surface area contributed by atoms with Gasteiger partial charge in [0, 0.05) is 49.1 Å². The van der Waals surface area contributed by atoms with Crippen LogP contribution in [-0.4, -0.2) is 51.1 Å². The lowest BCUT2D eigenvalue weighted by Gasteiger charge is -2.27. The third-order valence-electron chi connectivity index (χ3n) is 6.11. The van der Waals surface area contributed by atoms with Crippen LogP contribution in [0.1, 0.15) is 77.8 Å². The summed E-state index contributed by atoms with van der Waals surface area (Å²) in [5.74, 6) is 0.182. The lowest BCUT2D eigenvalue weighted by molar-refractivity contribution is -0.134. The maximum absolute atomic E-state index is 12.7. The molecule has 2 N–H and O–H groups in total. The maximum atomic E-state index is 12.7. The molecule has 0 bridgehead atoms. The van der Waals surface area contributed by atoms with Crippen LogP contribution in [0, 0.1) is 0 Å². The summed E-state index contributed by atoms with van der Waals surface area (Å²) >= 11 is 5.91. The molecule has 0 heterocycles. The van der Waals surface area contributed by atoms with Crippen molar-refractivity contribution >= 4 is 32.5 Å². The van der Waals surface area contributed by atoms with Crippen LogP contribution in [0.3, 0.4) is 0 Å². The smallest absolute Gasteiger partial charge is 0.335 e. The fourth-order valence-electron chi connectivity index (χ4n) is 4.26. The quantitative estimate of drug-likeness (QED) is 0.132. The van der Waals surface area contributed by atoms with Crippen molar-refractivity contribution in [2.24, 2.45) is 4.99 Å². The Morgan fingerprint density at radius 3 is 2.47 bits per heavy atom. The Balaban J connectivity index is 2.23. The molecule has 0 aromatic heterocycles. The van der Waals surface area contributed by atoms with Crippen molar-refractivity contribution in [3.63, 3.8) is 0 Å². The van der Waals surface area contributed by atoms with E-state index in [1.807, 2.05) is 41.2 Å². The molecule has 1 aliphatic carbocycles. The summed E-state index contributed by atoms with van der Waals surface area (Å²) in [6.45, 7) is 12.9. The molecule has 2 rings (SSSR count). The Hall–Kier alpha value is -1.45. The van der Waals surface area contributed by atoms with E-state index >= 15 is 0 Å². The van der Waals surface area contributed by atoms with Gasteiger partial charge in [-0.15, -0.1) is 0 Å². The first kappa shape index (κ1) is 28.8. The van der Waals surface area contributed by atoms with Crippen molar-refractivity contribution in [3.05, 3.63) is 23.3 Å². The Bertz CT molecular complexity index is 837. The highest BCUT2D eigenvalue weighted by atomic mass is 35.5. The third-order valence-corrected chi connectivity index (χ3v) is 9.35. The summed E-state index contributed by atoms with van der Waals surface area (Å²) in [5, 5.41) is 11.0. The van der Waals surface area contributed by atoms with Gasteiger partial charge in [0.1, 0.15) is 11.5 Å². The molecule has 0 spiro atoms. The van der Waals surface area contributed by atoms with Gasteiger partial charge in [0.2, 0.25) is 0 Å². The lowest BCUT2D eigenvalue weighted by atomic mass is 9.85. The molecule has 0 amide bonds. The monoisotopic (exact) mass is 512 g/mol. The minimum atomic E-state index is -2.41. The number of aliphatic imine (C=N–C) groups is 1. The zero-order chi connectivity index (χ0) is 25.4. The zero-order valence-corrected chi connectivity index (χ0v) is 23.2. The molecule has 0 radical (unpaired) electrons. The topological polar surface area (TPSA) is 89.4 Å². The Morgan fingerprint density at radius 1 is 1.24 bits per heavy atom. The van der Waals surface area contributed by atoms with Gasteiger partial charge >= 0.3 is 14.5 Å². The van der Waals surface area contributed by atoms with Crippen LogP contribution in [0.15, 0.2) is 17.1 Å². The van der Waals surface area contributed by atoms with E-state index in [2.05, 4.69) is 4.84 Å². The first-order chi connectivity index (χ1) is 16.0. The maximum Gasteiger partial charge on any atom is 0.335 e. The Labute approximate surface area is 210 Å². The average Bonchev–Trinajstić information content (AvgIpc) is 2.77. The molecular weight excluding hydrogens is 472 g/mol. The molecule has 2 atom stereocenters. The second-order valence-electron chi connectivity index (χ2n) is 9.98. The predicted octanol–water partition coefficient (Wildman–Crippen LogP) is 5.60. The van der Waals surface area contributed by atoms with Gasteiger partial charge in [-0.25, -0.2) is 4.84 Å². The number of hydrogen-bond donors (Lipinski definition) is 2. The summed E-state index contributed by atoms with van der Waals surface area (Å²) in [6.07, 6.45) is 5.99. The third kappa shape index (κ3) is 8.34. The van der Waals surface area contributed by atoms with Gasteiger partial charge in [-0.05, 0) is 62.6 Å². The highest BCUT2D eigenvalue weighted by Gasteiger charge is 2.32. The van der Waals surface area contributed by atoms with E-state index < -0.39 is 8.56 Å². The van der Waals surface area contributed by atoms with Gasteiger partial charge in [-0.3, -0.25) is 9.79 Å². The molecule has 1 aromatic rings. The van der Waals surface area contributed by atoms with Crippen molar-refractivity contribution in [2.75, 3.05) is 13.2 Å². The second kappa shape index (κ2) is 13.0. The van der Waals surface area contributed by atoms with Crippen LogP contribution in [0.4, 0.5) is 0 Å². The summed E-state index contributed by atoms with van der Waals surface area (Å²) in [6, 6.07) is 4.05. The largest absolute Gasteiger partial charge is 0.507 e. The summed E-state index contributed by atoms with van der Waals surface area (Å²) < 4.78 is 17.3. The normalized spacial score (nSPS) is 19.5. The number of esters is 1. The number of benzene rings is 1. The molecule has 1 saturated carbocycles. The Kier molecular flexibility index (Phi) is 11.0. The fourth-order valence-corrected chi connectivity index (χ4v) is 6.77. The molecule has 7 nitrogen and oxygen atoms in total. The van der Waals surface area contributed by atoms with Crippen molar-refractivity contribution in [1.82, 2.24) is 4.84 Å². The van der Waals surface area contributed by atoms with Gasteiger partial charge < -0.3 is 18.7 Å². The molecule has 9 heteroatoms. The zero-order valence-electron chi connectivity index (χ0n) is 21.4. The first-order valence-electron chi connectivity index (χ1n) is 12.3. The minimum absolute atomic E-state index is 0.0368. The van der Waals surface area contributed by atoms with E-state index in [4.69, 9.17) is 30.4 Å². The van der Waals surface area contributed by atoms with Crippen LogP contribution >= 0.6 is 11.8 Å². The molecule has 34 heavy (non-hydrogen) atoms. The number of nitrogens with zero attached hydrogens (tertiary/aromatic N) is 1. The van der Waals surface area contributed by atoms with E-state index in [9.17, 15) is 9.90 Å². The van der Waals surface area contributed by atoms with E-state index in [1.54, 1.807) is 18.3 Å². The van der Waals surface area contributed by atoms with Crippen LogP contribution in [0.2, 0.25) is 12.6 Å². The summed E-state index contributed by atoms with van der Waals surface area (Å²) in [5.41, 5.74) is 0.866. The molecule has 0 saturated heterocycles. The van der Waals surface area contributed by atoms with Gasteiger partial charge in [0.15, 0.2) is 0 Å². The van der Waals surface area contributed by atoms with Gasteiger partial charge in [0.05, 0.1) is 6.04 Å². The molecule has 1 fully saturated rings. The number of aromatic hydroxyl groups is 1. The number of ether oxygens (including phenoxy) is 1. The molecule has 0 unspecified atom stereocenters. The van der Waals surface area contributed by atoms with E-state index in [1.165, 1.54) is 0 Å². The van der Waals surface area contributed by atoms with Gasteiger partial charge in [0.25, 0.3) is 0 Å². The van der Waals surface area contributed by atoms with Crippen molar-refractivity contribution in [3.8, 4) is 11.5 Å². The minimum Gasteiger partial charge on any atom is -0.507 e. The van der Waals surface area contributed by atoms with Gasteiger partial charge in [-0.2, -0.15) is 0 Å². The van der Waals surface area contributed by atoms with Crippen LogP contribution < -0.4 is 9.57 Å². The number of halogens is 1. The highest BCUT2D eigenvalue weighted by Crippen LogP contribution is 2.36. The molecule has 192 valence electrons. The molecule has 0 aliphatic heterocycles. The number of nitrogens with one attached hydrogen (secondary N) is 1. The SMILES string of the molecule is CCO[Si](C)(CCC(=O)Oc1cc(/C=N/[C@@H]2CCCC[C@H]2NCl)c(O)c(C(C)(C)C)c1)OCC. The van der Waals surface area contributed by atoms with E-state index in [-0.39, 0.29) is 35.6 Å². The first-order valence-corrected chi connectivity index (χ1v) is 15.2. The van der Waals surface area contributed by atoms with E-state index in [0.29, 0.717) is 36.1 Å². The molecule has 1 aliphatic rings. The number of carbonyl (C=O) groups excluding carboxylic acids is 1. The Morgan fingerprint density at radius 2 is 1.88 bits per heavy atom. The average molecular weight is 513 g/mol. The lowest BCUT2D eigenvalue weighted by Crippen LogP contribution is -2.39. The molecule has 1 aromatic carbocycles. The van der Waals surface area contributed by atoms with E-state index in [0.717, 1.165) is 25.7 Å². The van der Waals surface area contributed by atoms with Crippen LogP contribution in [-0.2, 0) is 19.1 Å². The molecular formula is C25H41ClN2O5Si. The number of rotatable bonds is 11. The van der Waals surface area contributed by atoms with Crippen molar-refractivity contribution in [2.45, 2.75) is 96.8 Å². The number of carbonyl (C=O) groups is 1. The highest BCUT2D eigenvalue weighted by molar-refractivity contribution is 6.66. The van der Waals surface area contributed by atoms with Crippen LogP contribution in [0.25, 0.3) is 0 Å². The number of phenols is 1.